The van der Waals surface area contributed by atoms with Crippen molar-refractivity contribution in [2.45, 2.75) is 13.1 Å². The largest absolute Gasteiger partial charge is 0.347 e. The number of para-hydroxylation sites is 1. The van der Waals surface area contributed by atoms with Crippen molar-refractivity contribution in [3.8, 4) is 0 Å². The lowest BCUT2D eigenvalue weighted by atomic mass is 10.3. The highest BCUT2D eigenvalue weighted by Gasteiger charge is 2.03. The molecule has 1 aromatic carbocycles. The Morgan fingerprint density at radius 2 is 2.12 bits per heavy atom. The Hall–Kier alpha value is -1.65. The number of nitrogens with zero attached hydrogens (tertiary/aromatic N) is 2. The molecule has 2 N–H and O–H groups in total. The summed E-state index contributed by atoms with van der Waals surface area (Å²) in [4.78, 5) is 4.61. The van der Waals surface area contributed by atoms with Crippen molar-refractivity contribution in [1.29, 1.82) is 0 Å². The highest BCUT2D eigenvalue weighted by atomic mass is 32.1. The highest BCUT2D eigenvalue weighted by molar-refractivity contribution is 7.18. The zero-order valence-electron chi connectivity index (χ0n) is 9.34. The summed E-state index contributed by atoms with van der Waals surface area (Å²) in [6, 6.07) is 10.3. The van der Waals surface area contributed by atoms with Gasteiger partial charge in [0, 0.05) is 18.9 Å². The summed E-state index contributed by atoms with van der Waals surface area (Å²) in [7, 11) is 0. The Balaban J connectivity index is 1.89. The minimum Gasteiger partial charge on any atom is -0.347 e. The third-order valence-electron chi connectivity index (χ3n) is 2.70. The Bertz CT molecular complexity index is 606. The Morgan fingerprint density at radius 3 is 2.88 bits per heavy atom. The average Bonchev–Trinajstić information content (AvgIpc) is 2.94. The first-order valence-corrected chi connectivity index (χ1v) is 6.36. The third kappa shape index (κ3) is 2.09. The van der Waals surface area contributed by atoms with Crippen LogP contribution in [-0.4, -0.2) is 9.55 Å². The van der Waals surface area contributed by atoms with Gasteiger partial charge >= 0.3 is 0 Å². The van der Waals surface area contributed by atoms with E-state index in [1.165, 1.54) is 4.70 Å². The molecular formula is C13H13N3S. The van der Waals surface area contributed by atoms with Crippen molar-refractivity contribution >= 4 is 21.6 Å². The normalized spacial score (nSPS) is 11.1. The summed E-state index contributed by atoms with van der Waals surface area (Å²) in [6.45, 7) is 1.41. The zero-order chi connectivity index (χ0) is 11.7. The molecule has 3 aromatic rings. The van der Waals surface area contributed by atoms with Crippen LogP contribution in [-0.2, 0) is 13.1 Å². The molecule has 0 saturated heterocycles. The topological polar surface area (TPSA) is 43.8 Å². The molecule has 17 heavy (non-hydrogen) atoms. The smallest absolute Gasteiger partial charge is 0.114 e. The third-order valence-corrected chi connectivity index (χ3v) is 3.72. The second-order valence-corrected chi connectivity index (χ2v) is 5.09. The minimum absolute atomic E-state index is 0.590. The maximum Gasteiger partial charge on any atom is 0.114 e. The molecule has 4 heteroatoms. The van der Waals surface area contributed by atoms with Crippen molar-refractivity contribution in [2.75, 3.05) is 0 Å². The first-order chi connectivity index (χ1) is 8.35. The molecule has 2 aromatic heterocycles. The molecule has 0 fully saturated rings. The molecule has 2 heterocycles. The fraction of sp³-hybridized carbons (Fsp3) is 0.154. The molecule has 3 nitrogen and oxygen atoms in total. The first-order valence-electron chi connectivity index (χ1n) is 5.54. The van der Waals surface area contributed by atoms with Crippen LogP contribution in [0.4, 0.5) is 0 Å². The highest BCUT2D eigenvalue weighted by Crippen LogP contribution is 2.22. The van der Waals surface area contributed by atoms with Crippen molar-refractivity contribution in [1.82, 2.24) is 9.55 Å². The summed E-state index contributed by atoms with van der Waals surface area (Å²) in [5, 5.41) is 1.13. The molecule has 3 rings (SSSR count). The van der Waals surface area contributed by atoms with Gasteiger partial charge in [0.1, 0.15) is 5.01 Å². The monoisotopic (exact) mass is 243 g/mol. The summed E-state index contributed by atoms with van der Waals surface area (Å²) in [5.41, 5.74) is 7.83. The van der Waals surface area contributed by atoms with E-state index in [1.807, 2.05) is 24.4 Å². The number of fused-ring (bicyclic) bond motifs is 1. The number of aromatic nitrogens is 2. The van der Waals surface area contributed by atoms with E-state index in [1.54, 1.807) is 11.3 Å². The van der Waals surface area contributed by atoms with E-state index in [4.69, 9.17) is 5.73 Å². The second-order valence-electron chi connectivity index (χ2n) is 3.97. The van der Waals surface area contributed by atoms with Gasteiger partial charge in [0.05, 0.1) is 16.8 Å². The molecule has 0 radical (unpaired) electrons. The Labute approximate surface area is 104 Å². The summed E-state index contributed by atoms with van der Waals surface area (Å²) in [5.74, 6) is 0. The van der Waals surface area contributed by atoms with Crippen LogP contribution in [0.2, 0.25) is 0 Å². The van der Waals surface area contributed by atoms with Crippen molar-refractivity contribution < 1.29 is 0 Å². The molecule has 0 aliphatic rings. The van der Waals surface area contributed by atoms with Crippen molar-refractivity contribution in [3.63, 3.8) is 0 Å². The maximum absolute atomic E-state index is 5.59. The summed E-state index contributed by atoms with van der Waals surface area (Å²) >= 11 is 1.75. The van der Waals surface area contributed by atoms with Gasteiger partial charge in [0.25, 0.3) is 0 Å². The van der Waals surface area contributed by atoms with Gasteiger partial charge < -0.3 is 10.3 Å². The average molecular weight is 243 g/mol. The summed E-state index contributed by atoms with van der Waals surface area (Å²) < 4.78 is 3.37. The number of thiazole rings is 1. The van der Waals surface area contributed by atoms with E-state index in [-0.39, 0.29) is 0 Å². The fourth-order valence-corrected chi connectivity index (χ4v) is 2.83. The van der Waals surface area contributed by atoms with E-state index < -0.39 is 0 Å². The SMILES string of the molecule is NCc1ccn(Cc2nc3ccccc3s2)c1. The van der Waals surface area contributed by atoms with Crippen LogP contribution >= 0.6 is 11.3 Å². The van der Waals surface area contributed by atoms with Crippen LogP contribution < -0.4 is 5.73 Å². The molecular weight excluding hydrogens is 230 g/mol. The predicted octanol–water partition coefficient (Wildman–Crippen LogP) is 2.60. The number of rotatable bonds is 3. The summed E-state index contributed by atoms with van der Waals surface area (Å²) in [6.07, 6.45) is 4.13. The molecule has 0 aliphatic heterocycles. The second kappa shape index (κ2) is 4.31. The van der Waals surface area contributed by atoms with Crippen LogP contribution in [0.1, 0.15) is 10.6 Å². The standard InChI is InChI=1S/C13H13N3S/c14-7-10-5-6-16(8-10)9-13-15-11-3-1-2-4-12(11)17-13/h1-6,8H,7,9,14H2. The van der Waals surface area contributed by atoms with Gasteiger partial charge in [-0.3, -0.25) is 0 Å². The van der Waals surface area contributed by atoms with Gasteiger partial charge in [-0.25, -0.2) is 4.98 Å². The zero-order valence-corrected chi connectivity index (χ0v) is 10.2. The molecule has 0 spiro atoms. The van der Waals surface area contributed by atoms with Gasteiger partial charge in [-0.05, 0) is 23.8 Å². The molecule has 86 valence electrons. The molecule has 0 amide bonds. The van der Waals surface area contributed by atoms with E-state index in [9.17, 15) is 0 Å². The number of hydrogen-bond acceptors (Lipinski definition) is 3. The first kappa shape index (κ1) is 10.5. The van der Waals surface area contributed by atoms with Gasteiger partial charge in [-0.15, -0.1) is 11.3 Å². The minimum atomic E-state index is 0.590. The fourth-order valence-electron chi connectivity index (χ4n) is 1.85. The Kier molecular flexibility index (Phi) is 2.66. The van der Waals surface area contributed by atoms with Crippen LogP contribution in [0.15, 0.2) is 42.7 Å². The molecule has 0 aliphatic carbocycles. The maximum atomic E-state index is 5.59. The number of nitrogens with two attached hydrogens (primary N) is 1. The van der Waals surface area contributed by atoms with E-state index in [2.05, 4.69) is 27.9 Å². The van der Waals surface area contributed by atoms with Crippen LogP contribution in [0.3, 0.4) is 0 Å². The van der Waals surface area contributed by atoms with Gasteiger partial charge in [0.2, 0.25) is 0 Å². The lowest BCUT2D eigenvalue weighted by Crippen LogP contribution is -1.97. The molecule has 0 unspecified atom stereocenters. The van der Waals surface area contributed by atoms with Gasteiger partial charge in [-0.2, -0.15) is 0 Å². The van der Waals surface area contributed by atoms with E-state index in [0.29, 0.717) is 6.54 Å². The number of hydrogen-bond donors (Lipinski definition) is 1. The predicted molar refractivity (Wildman–Crippen MR) is 71.0 cm³/mol. The van der Waals surface area contributed by atoms with E-state index in [0.717, 1.165) is 22.6 Å². The molecule has 0 atom stereocenters. The van der Waals surface area contributed by atoms with Gasteiger partial charge in [0.15, 0.2) is 0 Å². The number of benzene rings is 1. The van der Waals surface area contributed by atoms with E-state index >= 15 is 0 Å². The van der Waals surface area contributed by atoms with Crippen molar-refractivity contribution in [3.05, 3.63) is 53.3 Å². The quantitative estimate of drug-likeness (QED) is 0.768. The van der Waals surface area contributed by atoms with Gasteiger partial charge in [-0.1, -0.05) is 12.1 Å². The lowest BCUT2D eigenvalue weighted by molar-refractivity contribution is 0.796. The Morgan fingerprint density at radius 1 is 1.24 bits per heavy atom. The van der Waals surface area contributed by atoms with Crippen LogP contribution in [0.25, 0.3) is 10.2 Å². The van der Waals surface area contributed by atoms with Crippen LogP contribution in [0, 0.1) is 0 Å². The molecule has 0 bridgehead atoms. The van der Waals surface area contributed by atoms with Crippen molar-refractivity contribution in [2.24, 2.45) is 5.73 Å². The molecule has 0 saturated carbocycles. The lowest BCUT2D eigenvalue weighted by Gasteiger charge is -1.97. The van der Waals surface area contributed by atoms with Crippen LogP contribution in [0.5, 0.6) is 0 Å².